The summed E-state index contributed by atoms with van der Waals surface area (Å²) in [6.07, 6.45) is -6.85. The number of aliphatic hydroxyl groups excluding tert-OH is 1. The van der Waals surface area contributed by atoms with E-state index in [2.05, 4.69) is 0 Å². The third-order valence-electron chi connectivity index (χ3n) is 5.64. The molecule has 3 aromatic rings. The molecule has 4 rings (SSSR count). The first kappa shape index (κ1) is 25.8. The van der Waals surface area contributed by atoms with Crippen LogP contribution in [0.25, 0.3) is 22.3 Å². The van der Waals surface area contributed by atoms with Crippen molar-refractivity contribution >= 4 is 22.9 Å². The number of esters is 2. The molecule has 0 saturated carbocycles. The van der Waals surface area contributed by atoms with Crippen molar-refractivity contribution < 1.29 is 53.4 Å². The topological polar surface area (TPSA) is 182 Å². The summed E-state index contributed by atoms with van der Waals surface area (Å²) in [6.45, 7) is 3.73. The Morgan fingerprint density at radius 1 is 0.919 bits per heavy atom. The van der Waals surface area contributed by atoms with E-state index in [1.807, 2.05) is 0 Å². The van der Waals surface area contributed by atoms with E-state index in [0.717, 1.165) is 26.0 Å². The summed E-state index contributed by atoms with van der Waals surface area (Å²) in [4.78, 5) is 36.8. The maximum atomic E-state index is 13.5. The second kappa shape index (κ2) is 9.99. The van der Waals surface area contributed by atoms with Crippen LogP contribution >= 0.6 is 0 Å². The van der Waals surface area contributed by atoms with Crippen LogP contribution in [0.2, 0.25) is 0 Å². The zero-order valence-corrected chi connectivity index (χ0v) is 19.9. The molecule has 12 heteroatoms. The Balaban J connectivity index is 1.83. The minimum absolute atomic E-state index is 0.0646. The highest BCUT2D eigenvalue weighted by Crippen LogP contribution is 2.37. The highest BCUT2D eigenvalue weighted by molar-refractivity contribution is 5.88. The van der Waals surface area contributed by atoms with E-state index in [1.54, 1.807) is 0 Å². The van der Waals surface area contributed by atoms with Crippen LogP contribution in [0.4, 0.5) is 0 Å². The van der Waals surface area contributed by atoms with Crippen LogP contribution in [0.5, 0.6) is 23.0 Å². The fraction of sp³-hybridized carbons (Fsp3) is 0.320. The molecule has 1 aliphatic heterocycles. The minimum atomic E-state index is -1.72. The smallest absolute Gasteiger partial charge is 0.303 e. The van der Waals surface area contributed by atoms with Crippen molar-refractivity contribution in [3.05, 3.63) is 46.6 Å². The molecule has 5 atom stereocenters. The third-order valence-corrected chi connectivity index (χ3v) is 5.64. The fourth-order valence-corrected chi connectivity index (χ4v) is 4.06. The van der Waals surface area contributed by atoms with Gasteiger partial charge in [-0.1, -0.05) is 0 Å². The summed E-state index contributed by atoms with van der Waals surface area (Å²) < 4.78 is 27.7. The summed E-state index contributed by atoms with van der Waals surface area (Å²) in [5.41, 5.74) is -0.761. The molecule has 37 heavy (non-hydrogen) atoms. The average Bonchev–Trinajstić information content (AvgIpc) is 2.80. The number of aliphatic hydroxyl groups is 1. The number of rotatable bonds is 5. The van der Waals surface area contributed by atoms with E-state index in [-0.39, 0.29) is 33.8 Å². The number of phenolic OH excluding ortho intramolecular Hbond substituents is 3. The number of hydrogen-bond donors (Lipinski definition) is 4. The zero-order chi connectivity index (χ0) is 27.0. The van der Waals surface area contributed by atoms with Gasteiger partial charge in [-0.3, -0.25) is 14.4 Å². The van der Waals surface area contributed by atoms with Gasteiger partial charge in [0.15, 0.2) is 24.1 Å². The number of carbonyl (C=O) groups excluding carboxylic acids is 2. The molecule has 1 aliphatic rings. The summed E-state index contributed by atoms with van der Waals surface area (Å²) in [6, 6.07) is 7.58. The second-order valence-electron chi connectivity index (χ2n) is 8.44. The lowest BCUT2D eigenvalue weighted by Crippen LogP contribution is -2.61. The van der Waals surface area contributed by atoms with Crippen LogP contribution in [0.15, 0.2) is 45.6 Å². The molecule has 0 aliphatic carbocycles. The van der Waals surface area contributed by atoms with Crippen molar-refractivity contribution in [1.82, 2.24) is 0 Å². The molecule has 0 bridgehead atoms. The average molecular weight is 516 g/mol. The molecular formula is C25H24O12. The normalized spacial score (nSPS) is 23.4. The van der Waals surface area contributed by atoms with Gasteiger partial charge in [-0.25, -0.2) is 0 Å². The van der Waals surface area contributed by atoms with Gasteiger partial charge in [0.2, 0.25) is 17.5 Å². The van der Waals surface area contributed by atoms with Gasteiger partial charge in [0.05, 0.1) is 6.10 Å². The van der Waals surface area contributed by atoms with E-state index in [0.29, 0.717) is 0 Å². The Hall–Kier alpha value is -4.29. The van der Waals surface area contributed by atoms with Crippen LogP contribution in [-0.2, 0) is 23.8 Å². The number of fused-ring (bicyclic) bond motifs is 1. The van der Waals surface area contributed by atoms with Crippen molar-refractivity contribution in [1.29, 1.82) is 0 Å². The van der Waals surface area contributed by atoms with E-state index >= 15 is 0 Å². The Kier molecular flexibility index (Phi) is 6.96. The van der Waals surface area contributed by atoms with Gasteiger partial charge in [0, 0.05) is 31.5 Å². The summed E-state index contributed by atoms with van der Waals surface area (Å²) in [7, 11) is 0. The van der Waals surface area contributed by atoms with Gasteiger partial charge >= 0.3 is 11.9 Å². The fourth-order valence-electron chi connectivity index (χ4n) is 4.06. The van der Waals surface area contributed by atoms with Crippen molar-refractivity contribution in [2.75, 3.05) is 0 Å². The molecule has 0 amide bonds. The van der Waals surface area contributed by atoms with Gasteiger partial charge in [0.25, 0.3) is 0 Å². The van der Waals surface area contributed by atoms with Crippen LogP contribution < -0.4 is 10.2 Å². The van der Waals surface area contributed by atoms with Gasteiger partial charge in [-0.15, -0.1) is 0 Å². The predicted octanol–water partition coefficient (Wildman–Crippen LogP) is 1.92. The van der Waals surface area contributed by atoms with E-state index in [4.69, 9.17) is 23.4 Å². The van der Waals surface area contributed by atoms with Gasteiger partial charge in [-0.2, -0.15) is 0 Å². The molecule has 0 spiro atoms. The number of carbonyl (C=O) groups is 2. The zero-order valence-electron chi connectivity index (χ0n) is 19.9. The third kappa shape index (κ3) is 5.15. The molecule has 2 aromatic carbocycles. The monoisotopic (exact) mass is 516 g/mol. The lowest BCUT2D eigenvalue weighted by molar-refractivity contribution is -0.276. The maximum Gasteiger partial charge on any atom is 0.303 e. The molecule has 1 saturated heterocycles. The molecule has 2 heterocycles. The first-order valence-electron chi connectivity index (χ1n) is 11.1. The highest BCUT2D eigenvalue weighted by atomic mass is 16.7. The van der Waals surface area contributed by atoms with Crippen LogP contribution in [0.1, 0.15) is 20.8 Å². The lowest BCUT2D eigenvalue weighted by atomic mass is 9.99. The molecule has 1 fully saturated rings. The number of aromatic hydroxyl groups is 3. The number of benzene rings is 2. The standard InChI is InChI=1S/C25H24O12/c1-10-21(34-11(2)26)24(35-12(3)27)20(32)25(33-10)37-23-19(31)18-16(30)8-15(29)9-17(18)36-22(23)13-4-6-14(28)7-5-13/h4-10,20-21,24-25,28-30,32H,1-3H3/t10-,20-,21+,24+,25+/m0/s1. The molecular weight excluding hydrogens is 492 g/mol. The van der Waals surface area contributed by atoms with E-state index in [1.165, 1.54) is 31.2 Å². The summed E-state index contributed by atoms with van der Waals surface area (Å²) in [5, 5.41) is 40.5. The number of phenols is 3. The Morgan fingerprint density at radius 2 is 1.54 bits per heavy atom. The summed E-state index contributed by atoms with van der Waals surface area (Å²) in [5.74, 6) is -3.14. The number of hydrogen-bond acceptors (Lipinski definition) is 12. The van der Waals surface area contributed by atoms with Crippen LogP contribution in [0, 0.1) is 0 Å². The SMILES string of the molecule is CC(=O)O[C@@H]1[C@H](O)[C@@H](Oc2c(-c3ccc(O)cc3)oc3cc(O)cc(O)c3c2=O)O[C@@H](C)[C@H]1OC(C)=O. The molecule has 0 unspecified atom stereocenters. The van der Waals surface area contributed by atoms with E-state index in [9.17, 15) is 34.8 Å². The molecule has 4 N–H and O–H groups in total. The maximum absolute atomic E-state index is 13.5. The van der Waals surface area contributed by atoms with Crippen LogP contribution in [0.3, 0.4) is 0 Å². The minimum Gasteiger partial charge on any atom is -0.508 e. The Labute approximate surface area is 209 Å². The molecule has 0 radical (unpaired) electrons. The second-order valence-corrected chi connectivity index (χ2v) is 8.44. The van der Waals surface area contributed by atoms with E-state index < -0.39 is 59.6 Å². The summed E-state index contributed by atoms with van der Waals surface area (Å²) >= 11 is 0. The Bertz CT molecular complexity index is 1390. The lowest BCUT2D eigenvalue weighted by Gasteiger charge is -2.41. The number of ether oxygens (including phenoxy) is 4. The van der Waals surface area contributed by atoms with Crippen molar-refractivity contribution in [2.24, 2.45) is 0 Å². The quantitative estimate of drug-likeness (QED) is 0.362. The van der Waals surface area contributed by atoms with Crippen molar-refractivity contribution in [2.45, 2.75) is 51.5 Å². The Morgan fingerprint density at radius 3 is 2.16 bits per heavy atom. The van der Waals surface area contributed by atoms with Crippen LogP contribution in [-0.4, -0.2) is 63.1 Å². The molecule has 1 aromatic heterocycles. The van der Waals surface area contributed by atoms with Crippen molar-refractivity contribution in [3.8, 4) is 34.3 Å². The first-order valence-corrected chi connectivity index (χ1v) is 11.1. The van der Waals surface area contributed by atoms with Gasteiger partial charge in [-0.05, 0) is 31.2 Å². The molecule has 12 nitrogen and oxygen atoms in total. The predicted molar refractivity (Wildman–Crippen MR) is 125 cm³/mol. The molecule has 196 valence electrons. The highest BCUT2D eigenvalue weighted by Gasteiger charge is 2.49. The largest absolute Gasteiger partial charge is 0.508 e. The van der Waals surface area contributed by atoms with Gasteiger partial charge in [0.1, 0.15) is 28.2 Å². The van der Waals surface area contributed by atoms with Crippen molar-refractivity contribution in [3.63, 3.8) is 0 Å². The first-order chi connectivity index (χ1) is 17.5. The van der Waals surface area contributed by atoms with Gasteiger partial charge < -0.3 is 43.8 Å².